The Hall–Kier alpha value is -2.10. The number of hydrogen-bond acceptors (Lipinski definition) is 2. The Morgan fingerprint density at radius 2 is 2.11 bits per heavy atom. The average molecular weight is 369 g/mol. The average Bonchev–Trinajstić information content (AvgIpc) is 3.03. The van der Waals surface area contributed by atoms with Crippen molar-refractivity contribution in [3.8, 4) is 0 Å². The van der Waals surface area contributed by atoms with Gasteiger partial charge in [-0.25, -0.2) is 0 Å². The van der Waals surface area contributed by atoms with Crippen molar-refractivity contribution in [1.29, 1.82) is 0 Å². The molecule has 4 heteroatoms. The summed E-state index contributed by atoms with van der Waals surface area (Å²) in [6.07, 6.45) is 8.45. The number of carbonyl (C=O) groups excluding carboxylic acids is 2. The number of allylic oxidation sites excluding steroid dienone is 1. The largest absolute Gasteiger partial charge is 0.355 e. The van der Waals surface area contributed by atoms with Crippen LogP contribution < -0.4 is 10.2 Å². The maximum Gasteiger partial charge on any atom is 0.227 e. The van der Waals surface area contributed by atoms with E-state index in [0.29, 0.717) is 25.4 Å². The molecule has 1 aromatic carbocycles. The highest BCUT2D eigenvalue weighted by atomic mass is 16.2. The zero-order valence-electron chi connectivity index (χ0n) is 16.9. The summed E-state index contributed by atoms with van der Waals surface area (Å²) in [5.74, 6) is 0.157. The van der Waals surface area contributed by atoms with Crippen LogP contribution in [0.1, 0.15) is 69.4 Å². The van der Waals surface area contributed by atoms with Crippen molar-refractivity contribution >= 4 is 17.5 Å². The number of anilines is 1. The van der Waals surface area contributed by atoms with Gasteiger partial charge in [-0.3, -0.25) is 9.59 Å². The predicted octanol–water partition coefficient (Wildman–Crippen LogP) is 4.48. The second-order valence-corrected chi connectivity index (χ2v) is 8.22. The predicted molar refractivity (Wildman–Crippen MR) is 110 cm³/mol. The van der Waals surface area contributed by atoms with Crippen molar-refractivity contribution < 1.29 is 9.59 Å². The molecule has 0 spiro atoms. The molecule has 1 atom stereocenters. The van der Waals surface area contributed by atoms with E-state index in [1.807, 2.05) is 24.0 Å². The Morgan fingerprint density at radius 3 is 2.81 bits per heavy atom. The molecule has 0 bridgehead atoms. The lowest BCUT2D eigenvalue weighted by Crippen LogP contribution is -2.34. The minimum absolute atomic E-state index is 0.0157. The van der Waals surface area contributed by atoms with Gasteiger partial charge in [-0.2, -0.15) is 0 Å². The highest BCUT2D eigenvalue weighted by Crippen LogP contribution is 2.35. The second-order valence-electron chi connectivity index (χ2n) is 8.22. The molecule has 146 valence electrons. The van der Waals surface area contributed by atoms with E-state index in [4.69, 9.17) is 0 Å². The third-order valence-electron chi connectivity index (χ3n) is 5.79. The molecule has 2 amide bonds. The zero-order valence-corrected chi connectivity index (χ0v) is 16.9. The number of amides is 2. The van der Waals surface area contributed by atoms with Crippen molar-refractivity contribution in [2.75, 3.05) is 18.0 Å². The van der Waals surface area contributed by atoms with E-state index in [9.17, 15) is 9.59 Å². The Kier molecular flexibility index (Phi) is 6.35. The fourth-order valence-electron chi connectivity index (χ4n) is 4.24. The Bertz CT molecular complexity index is 736. The molecule has 2 aliphatic rings. The summed E-state index contributed by atoms with van der Waals surface area (Å²) >= 11 is 0. The first-order valence-electron chi connectivity index (χ1n) is 10.3. The topological polar surface area (TPSA) is 49.4 Å². The minimum Gasteiger partial charge on any atom is -0.355 e. The van der Waals surface area contributed by atoms with Gasteiger partial charge in [0.05, 0.1) is 5.92 Å². The zero-order chi connectivity index (χ0) is 19.4. The van der Waals surface area contributed by atoms with Crippen molar-refractivity contribution in [3.05, 3.63) is 41.0 Å². The van der Waals surface area contributed by atoms with Crippen LogP contribution in [0.3, 0.4) is 0 Å². The first-order valence-corrected chi connectivity index (χ1v) is 10.3. The number of hydrogen-bond donors (Lipinski definition) is 1. The second kappa shape index (κ2) is 8.73. The summed E-state index contributed by atoms with van der Waals surface area (Å²) in [5.41, 5.74) is 4.74. The van der Waals surface area contributed by atoms with Gasteiger partial charge in [-0.1, -0.05) is 43.7 Å². The highest BCUT2D eigenvalue weighted by Gasteiger charge is 2.36. The Morgan fingerprint density at radius 1 is 1.30 bits per heavy atom. The first-order chi connectivity index (χ1) is 13.0. The Labute approximate surface area is 163 Å². The lowest BCUT2D eigenvalue weighted by Gasteiger charge is -2.24. The molecule has 1 aromatic rings. The summed E-state index contributed by atoms with van der Waals surface area (Å²) < 4.78 is 0. The van der Waals surface area contributed by atoms with Gasteiger partial charge in [0, 0.05) is 25.2 Å². The van der Waals surface area contributed by atoms with Gasteiger partial charge >= 0.3 is 0 Å². The molecule has 27 heavy (non-hydrogen) atoms. The molecule has 0 saturated carbocycles. The maximum absolute atomic E-state index is 12.7. The molecule has 0 aromatic heterocycles. The monoisotopic (exact) mass is 368 g/mol. The number of aryl methyl sites for hydroxylation is 1. The summed E-state index contributed by atoms with van der Waals surface area (Å²) in [6.45, 7) is 7.49. The van der Waals surface area contributed by atoms with Crippen LogP contribution in [0, 0.1) is 12.8 Å². The van der Waals surface area contributed by atoms with Crippen molar-refractivity contribution in [2.24, 2.45) is 5.92 Å². The van der Waals surface area contributed by atoms with Crippen LogP contribution in [-0.4, -0.2) is 24.9 Å². The lowest BCUT2D eigenvalue weighted by molar-refractivity contribution is -0.126. The van der Waals surface area contributed by atoms with Gasteiger partial charge in [-0.15, -0.1) is 0 Å². The van der Waals surface area contributed by atoms with Gasteiger partial charge in [0.15, 0.2) is 0 Å². The number of carbonyl (C=O) groups is 2. The number of para-hydroxylation sites is 1. The third-order valence-corrected chi connectivity index (χ3v) is 5.79. The molecule has 1 fully saturated rings. The first kappa shape index (κ1) is 19.7. The van der Waals surface area contributed by atoms with Crippen LogP contribution in [-0.2, 0) is 9.59 Å². The van der Waals surface area contributed by atoms with E-state index in [1.54, 1.807) is 0 Å². The summed E-state index contributed by atoms with van der Waals surface area (Å²) in [6, 6.07) is 6.17. The summed E-state index contributed by atoms with van der Waals surface area (Å²) in [5, 5.41) is 3.06. The normalized spacial score (nSPS) is 20.1. The standard InChI is InChI=1S/C23H32N2O2/c1-16(2)20-11-7-8-17(3)22(20)25-15-19(14-21(25)26)23(27)24-13-12-18-9-5-4-6-10-18/h7-9,11,16,19H,4-6,10,12-15H2,1-3H3,(H,24,27). The van der Waals surface area contributed by atoms with E-state index in [1.165, 1.54) is 30.4 Å². The van der Waals surface area contributed by atoms with Crippen molar-refractivity contribution in [3.63, 3.8) is 0 Å². The molecule has 3 rings (SSSR count). The van der Waals surface area contributed by atoms with Crippen LogP contribution >= 0.6 is 0 Å². The number of nitrogens with one attached hydrogen (secondary N) is 1. The van der Waals surface area contributed by atoms with E-state index >= 15 is 0 Å². The van der Waals surface area contributed by atoms with Crippen molar-refractivity contribution in [2.45, 2.75) is 65.2 Å². The smallest absolute Gasteiger partial charge is 0.227 e. The SMILES string of the molecule is Cc1cccc(C(C)C)c1N1CC(C(=O)NCCC2=CCCCC2)CC1=O. The third kappa shape index (κ3) is 4.60. The maximum atomic E-state index is 12.7. The van der Waals surface area contributed by atoms with E-state index in [-0.39, 0.29) is 17.7 Å². The molecule has 0 radical (unpaired) electrons. The summed E-state index contributed by atoms with van der Waals surface area (Å²) in [7, 11) is 0. The van der Waals surface area contributed by atoms with Crippen LogP contribution in [0.2, 0.25) is 0 Å². The quantitative estimate of drug-likeness (QED) is 0.753. The fraction of sp³-hybridized carbons (Fsp3) is 0.565. The molecule has 1 unspecified atom stereocenters. The number of benzene rings is 1. The number of nitrogens with zero attached hydrogens (tertiary/aromatic N) is 1. The van der Waals surface area contributed by atoms with Gasteiger partial charge in [0.1, 0.15) is 0 Å². The van der Waals surface area contributed by atoms with Gasteiger partial charge in [0.2, 0.25) is 11.8 Å². The van der Waals surface area contributed by atoms with Crippen LogP contribution in [0.5, 0.6) is 0 Å². The molecular weight excluding hydrogens is 336 g/mol. The van der Waals surface area contributed by atoms with Gasteiger partial charge in [0.25, 0.3) is 0 Å². The van der Waals surface area contributed by atoms with E-state index in [0.717, 1.165) is 24.1 Å². The minimum atomic E-state index is -0.252. The van der Waals surface area contributed by atoms with Gasteiger partial charge < -0.3 is 10.2 Å². The molecular formula is C23H32N2O2. The van der Waals surface area contributed by atoms with E-state index < -0.39 is 0 Å². The van der Waals surface area contributed by atoms with Crippen LogP contribution in [0.15, 0.2) is 29.8 Å². The van der Waals surface area contributed by atoms with Crippen LogP contribution in [0.4, 0.5) is 5.69 Å². The molecule has 1 N–H and O–H groups in total. The van der Waals surface area contributed by atoms with Crippen molar-refractivity contribution in [1.82, 2.24) is 5.32 Å². The summed E-state index contributed by atoms with van der Waals surface area (Å²) in [4.78, 5) is 27.1. The Balaban J connectivity index is 1.62. The van der Waals surface area contributed by atoms with E-state index in [2.05, 4.69) is 31.3 Å². The molecule has 1 aliphatic heterocycles. The van der Waals surface area contributed by atoms with Gasteiger partial charge in [-0.05, 0) is 56.1 Å². The lowest BCUT2D eigenvalue weighted by atomic mass is 9.97. The number of rotatable bonds is 6. The molecule has 1 heterocycles. The fourth-order valence-corrected chi connectivity index (χ4v) is 4.24. The highest BCUT2D eigenvalue weighted by molar-refractivity contribution is 6.01. The molecule has 4 nitrogen and oxygen atoms in total. The van der Waals surface area contributed by atoms with Crippen LogP contribution in [0.25, 0.3) is 0 Å². The molecule has 1 saturated heterocycles. The molecule has 1 aliphatic carbocycles.